The number of aliphatic imine (C=N–C) groups is 1. The van der Waals surface area contributed by atoms with Gasteiger partial charge in [0.15, 0.2) is 5.96 Å². The van der Waals surface area contributed by atoms with Crippen LogP contribution in [0.5, 0.6) is 11.5 Å². The number of halogens is 2. The van der Waals surface area contributed by atoms with E-state index in [9.17, 15) is 24.6 Å². The first-order valence-corrected chi connectivity index (χ1v) is 12.4. The number of carboxylic acids is 1. The lowest BCUT2D eigenvalue weighted by Gasteiger charge is -2.19. The summed E-state index contributed by atoms with van der Waals surface area (Å²) in [6, 6.07) is 6.18. The van der Waals surface area contributed by atoms with Gasteiger partial charge in [0.2, 0.25) is 5.91 Å². The molecule has 15 heteroatoms. The normalized spacial score (nSPS) is 14.1. The number of aliphatic carboxylic acids is 1. The van der Waals surface area contributed by atoms with E-state index in [0.717, 1.165) is 0 Å². The van der Waals surface area contributed by atoms with Crippen LogP contribution in [0, 0.1) is 0 Å². The fourth-order valence-electron chi connectivity index (χ4n) is 2.93. The minimum Gasteiger partial charge on any atom is -0.506 e. The minimum atomic E-state index is -0.902. The molecule has 0 aliphatic carbocycles. The summed E-state index contributed by atoms with van der Waals surface area (Å²) in [7, 11) is 2.95. The van der Waals surface area contributed by atoms with Crippen LogP contribution in [0.3, 0.4) is 0 Å². The van der Waals surface area contributed by atoms with Gasteiger partial charge in [-0.05, 0) is 40.0 Å². The first-order chi connectivity index (χ1) is 18.0. The molecule has 3 rings (SSSR count). The number of aliphatic hydroxyl groups is 1. The number of amides is 2. The highest BCUT2D eigenvalue weighted by molar-refractivity contribution is 9.10. The molecule has 1 aromatic heterocycles. The van der Waals surface area contributed by atoms with Gasteiger partial charge in [0.05, 0.1) is 30.8 Å². The number of carbonyl (C=O) groups is 3. The van der Waals surface area contributed by atoms with Crippen molar-refractivity contribution in [1.29, 1.82) is 0 Å². The number of aryl methyl sites for hydroxylation is 1. The number of aromatic nitrogens is 1. The molecule has 1 aliphatic heterocycles. The van der Waals surface area contributed by atoms with E-state index in [1.54, 1.807) is 18.2 Å². The van der Waals surface area contributed by atoms with E-state index in [4.69, 9.17) is 21.4 Å². The number of anilines is 1. The smallest absolute Gasteiger partial charge is 0.303 e. The standard InChI is InChI=1S/C14H20N6O4.C9H8BrClO3/c1-15-12(22)7-16-13(23)10-3-9(24-2)4-11(19-10)20-14-17-5-8(21)6-18-14;10-7-4-6(11)3-5(9(7)14)1-2-8(12)13/h3-4,8,21H,5-7H2,1-2H3,(H,15,22)(H,16,23)(H2,17,18,19,20);3-4,14H,1-2H2,(H,12,13). The van der Waals surface area contributed by atoms with Crippen molar-refractivity contribution in [2.24, 2.45) is 4.99 Å². The molecule has 0 radical (unpaired) electrons. The Morgan fingerprint density at radius 3 is 2.61 bits per heavy atom. The van der Waals surface area contributed by atoms with E-state index < -0.39 is 18.0 Å². The predicted molar refractivity (Wildman–Crippen MR) is 144 cm³/mol. The number of hydrogen-bond donors (Lipinski definition) is 7. The number of aliphatic hydroxyl groups excluding tert-OH is 1. The van der Waals surface area contributed by atoms with E-state index >= 15 is 0 Å². The summed E-state index contributed by atoms with van der Waals surface area (Å²) < 4.78 is 5.64. The zero-order valence-corrected chi connectivity index (χ0v) is 22.9. The fraction of sp³-hybridized carbons (Fsp3) is 0.348. The van der Waals surface area contributed by atoms with Crippen LogP contribution in [0.4, 0.5) is 5.82 Å². The van der Waals surface area contributed by atoms with Gasteiger partial charge in [0.1, 0.15) is 23.0 Å². The number of aromatic hydroxyl groups is 1. The first-order valence-electron chi connectivity index (χ1n) is 11.2. The number of benzene rings is 1. The highest BCUT2D eigenvalue weighted by atomic mass is 79.9. The zero-order chi connectivity index (χ0) is 28.2. The number of phenols is 1. The van der Waals surface area contributed by atoms with E-state index in [-0.39, 0.29) is 43.3 Å². The molecule has 1 unspecified atom stereocenters. The first kappa shape index (κ1) is 30.6. The number of nitrogens with zero attached hydrogens (tertiary/aromatic N) is 2. The average Bonchev–Trinajstić information content (AvgIpc) is 2.89. The molecule has 0 bridgehead atoms. The van der Waals surface area contributed by atoms with Crippen molar-refractivity contribution in [3.8, 4) is 11.5 Å². The summed E-state index contributed by atoms with van der Waals surface area (Å²) in [6.45, 7) is 0.497. The third kappa shape index (κ3) is 10.0. The van der Waals surface area contributed by atoms with Gasteiger partial charge in [0.25, 0.3) is 5.91 Å². The number of carbonyl (C=O) groups excluding carboxylic acids is 2. The van der Waals surface area contributed by atoms with Crippen molar-refractivity contribution in [3.05, 3.63) is 45.0 Å². The number of guanidine groups is 1. The van der Waals surface area contributed by atoms with Crippen LogP contribution in [0.15, 0.2) is 33.7 Å². The molecule has 0 saturated carbocycles. The summed E-state index contributed by atoms with van der Waals surface area (Å²) in [5.74, 6) is -0.455. The lowest BCUT2D eigenvalue weighted by molar-refractivity contribution is -0.137. The summed E-state index contributed by atoms with van der Waals surface area (Å²) in [5, 5.41) is 38.6. The van der Waals surface area contributed by atoms with Crippen LogP contribution < -0.4 is 26.0 Å². The van der Waals surface area contributed by atoms with Crippen molar-refractivity contribution >= 4 is 57.1 Å². The number of methoxy groups -OCH3 is 1. The van der Waals surface area contributed by atoms with Gasteiger partial charge >= 0.3 is 5.97 Å². The van der Waals surface area contributed by atoms with Gasteiger partial charge in [-0.15, -0.1) is 0 Å². The largest absolute Gasteiger partial charge is 0.506 e. The Morgan fingerprint density at radius 1 is 1.26 bits per heavy atom. The molecule has 1 aromatic carbocycles. The molecule has 0 fully saturated rings. The number of likely N-dealkylation sites (N-methyl/N-ethyl adjacent to an activating group) is 1. The molecule has 7 N–H and O–H groups in total. The SMILES string of the molecule is CNC(=O)CNC(=O)c1cc(OC)cc(NC2=NCC(O)CN2)n1.O=C(O)CCc1cc(Cl)cc(Br)c1O. The van der Waals surface area contributed by atoms with Gasteiger partial charge in [-0.1, -0.05) is 11.6 Å². The Hall–Kier alpha value is -3.62. The van der Waals surface area contributed by atoms with E-state index in [1.165, 1.54) is 20.2 Å². The van der Waals surface area contributed by atoms with Gasteiger partial charge < -0.3 is 41.3 Å². The molecule has 38 heavy (non-hydrogen) atoms. The van der Waals surface area contributed by atoms with Crippen molar-refractivity contribution in [1.82, 2.24) is 20.9 Å². The van der Waals surface area contributed by atoms with Crippen LogP contribution in [0.2, 0.25) is 5.02 Å². The Balaban J connectivity index is 0.000000308. The summed E-state index contributed by atoms with van der Waals surface area (Å²) in [5.41, 5.74) is 0.629. The maximum atomic E-state index is 12.1. The van der Waals surface area contributed by atoms with Gasteiger partial charge in [-0.2, -0.15) is 0 Å². The molecule has 0 saturated heterocycles. The molecule has 2 aromatic rings. The predicted octanol–water partition coefficient (Wildman–Crippen LogP) is 1.12. The summed E-state index contributed by atoms with van der Waals surface area (Å²) in [6.07, 6.45) is -0.291. The molecule has 13 nitrogen and oxygen atoms in total. The van der Waals surface area contributed by atoms with E-state index in [0.29, 0.717) is 39.1 Å². The lowest BCUT2D eigenvalue weighted by atomic mass is 10.1. The van der Waals surface area contributed by atoms with Crippen molar-refractivity contribution in [3.63, 3.8) is 0 Å². The van der Waals surface area contributed by atoms with Crippen LogP contribution >= 0.6 is 27.5 Å². The number of ether oxygens (including phenoxy) is 1. The molecule has 2 amide bonds. The fourth-order valence-corrected chi connectivity index (χ4v) is 3.81. The number of nitrogens with one attached hydrogen (secondary N) is 4. The van der Waals surface area contributed by atoms with Crippen LogP contribution in [-0.2, 0) is 16.0 Å². The third-order valence-corrected chi connectivity index (χ3v) is 5.71. The Labute approximate surface area is 231 Å². The maximum Gasteiger partial charge on any atom is 0.303 e. The number of pyridine rings is 1. The summed E-state index contributed by atoms with van der Waals surface area (Å²) in [4.78, 5) is 41.9. The molecule has 0 spiro atoms. The Bertz CT molecular complexity index is 1200. The minimum absolute atomic E-state index is 0.0274. The maximum absolute atomic E-state index is 12.1. The highest BCUT2D eigenvalue weighted by Crippen LogP contribution is 2.32. The van der Waals surface area contributed by atoms with Crippen molar-refractivity contribution in [2.75, 3.05) is 39.1 Å². The second-order valence-corrected chi connectivity index (χ2v) is 9.06. The quantitative estimate of drug-likeness (QED) is 0.226. The van der Waals surface area contributed by atoms with Crippen LogP contribution in [0.25, 0.3) is 0 Å². The molecule has 2 heterocycles. The number of phenolic OH excluding ortho intramolecular Hbond substituents is 1. The third-order valence-electron chi connectivity index (χ3n) is 4.88. The van der Waals surface area contributed by atoms with Crippen LogP contribution in [0.1, 0.15) is 22.5 Å². The monoisotopic (exact) mass is 614 g/mol. The van der Waals surface area contributed by atoms with Crippen LogP contribution in [-0.4, -0.2) is 83.9 Å². The van der Waals surface area contributed by atoms with Gasteiger partial charge in [0, 0.05) is 37.2 Å². The number of hydrogen-bond acceptors (Lipinski definition) is 10. The zero-order valence-electron chi connectivity index (χ0n) is 20.5. The van der Waals surface area contributed by atoms with Crippen molar-refractivity contribution in [2.45, 2.75) is 18.9 Å². The molecular weight excluding hydrogens is 588 g/mol. The highest BCUT2D eigenvalue weighted by Gasteiger charge is 2.16. The molecular formula is C23H28BrClN6O7. The second-order valence-electron chi connectivity index (χ2n) is 7.77. The number of rotatable bonds is 8. The van der Waals surface area contributed by atoms with Gasteiger partial charge in [-0.25, -0.2) is 4.98 Å². The Kier molecular flexibility index (Phi) is 12.0. The number of carboxylic acid groups (broad SMARTS) is 1. The molecule has 1 atom stereocenters. The van der Waals surface area contributed by atoms with E-state index in [1.807, 2.05) is 0 Å². The Morgan fingerprint density at radius 2 is 2.00 bits per heavy atom. The molecule has 206 valence electrons. The van der Waals surface area contributed by atoms with E-state index in [2.05, 4.69) is 47.2 Å². The average molecular weight is 616 g/mol. The number of β-amino-alcohol motifs (C(OH)–C–C–N with tert-alkyl or cyclic N) is 1. The second kappa shape index (κ2) is 15.0. The topological polar surface area (TPSA) is 194 Å². The molecule has 1 aliphatic rings. The lowest BCUT2D eigenvalue weighted by Crippen LogP contribution is -2.42. The van der Waals surface area contributed by atoms with Gasteiger partial charge in [-0.3, -0.25) is 19.4 Å². The van der Waals surface area contributed by atoms with Crippen molar-refractivity contribution < 1.29 is 34.4 Å². The summed E-state index contributed by atoms with van der Waals surface area (Å²) >= 11 is 8.87.